The number of likely N-dealkylation sites (N-methyl/N-ethyl adjacent to an activating group) is 2. The third kappa shape index (κ3) is 22.4. The van der Waals surface area contributed by atoms with E-state index in [1.54, 1.807) is 48.5 Å². The van der Waals surface area contributed by atoms with Crippen molar-refractivity contribution in [1.29, 1.82) is 0 Å². The molecule has 0 aromatic heterocycles. The van der Waals surface area contributed by atoms with Gasteiger partial charge in [0.25, 0.3) is 15.6 Å². The first kappa shape index (κ1) is 75.1. The summed E-state index contributed by atoms with van der Waals surface area (Å²) in [5.74, 6) is -5.17. The van der Waals surface area contributed by atoms with Crippen LogP contribution in [0.2, 0.25) is 0 Å². The molecule has 22 atom stereocenters. The van der Waals surface area contributed by atoms with Gasteiger partial charge >= 0.3 is 109 Å². The molecule has 0 spiro atoms. The average molecular weight is 1150 g/mol. The summed E-state index contributed by atoms with van der Waals surface area (Å²) in [7, 11) is -2.36. The zero-order valence-corrected chi connectivity index (χ0v) is 53.6. The number of carbonyl (C=O) groups is 2. The van der Waals surface area contributed by atoms with Crippen molar-refractivity contribution in [2.45, 2.75) is 217 Å². The van der Waals surface area contributed by atoms with Crippen molar-refractivity contribution in [1.82, 2.24) is 9.80 Å². The van der Waals surface area contributed by atoms with Crippen LogP contribution in [-0.4, -0.2) is 209 Å². The fourth-order valence-electron chi connectivity index (χ4n) is 10.2. The monoisotopic (exact) mass is 1150 g/mol. The van der Waals surface area contributed by atoms with Crippen molar-refractivity contribution in [3.8, 4) is 0 Å². The molecule has 4 heterocycles. The Labute approximate surface area is 515 Å². The van der Waals surface area contributed by atoms with E-state index >= 15 is 0 Å². The number of ether oxygens (including phenoxy) is 7. The number of aliphatic hydroxyl groups excluding tert-OH is 4. The second kappa shape index (κ2) is 30.9. The largest absolute Gasteiger partial charge is 1.00 e. The van der Waals surface area contributed by atoms with Crippen molar-refractivity contribution in [3.05, 3.63) is 0 Å². The first-order valence-electron chi connectivity index (χ1n) is 23.8. The smallest absolute Gasteiger partial charge is 0.756 e. The van der Waals surface area contributed by atoms with Crippen LogP contribution in [0.3, 0.4) is 0 Å². The Hall–Kier alpha value is 2.07. The average Bonchev–Trinajstić information content (AvgIpc) is 3.21. The van der Waals surface area contributed by atoms with Crippen LogP contribution in [0.25, 0.3) is 0 Å². The molecule has 29 heteroatoms. The van der Waals surface area contributed by atoms with Gasteiger partial charge in [0.15, 0.2) is 18.9 Å². The summed E-state index contributed by atoms with van der Waals surface area (Å²) in [6.07, 6.45) is -13.0. The number of ketones is 1. The number of cyclic esters (lactones) is 1. The van der Waals surface area contributed by atoms with Gasteiger partial charge in [-0.1, -0.05) is 27.7 Å². The molecule has 10 N–H and O–H groups in total. The molecule has 73 heavy (non-hydrogen) atoms. The van der Waals surface area contributed by atoms with Crippen LogP contribution >= 0.6 is 15.6 Å². The van der Waals surface area contributed by atoms with Crippen molar-refractivity contribution in [2.75, 3.05) is 28.2 Å². The fraction of sp³-hybridized carbons (Fsp3) is 0.955. The zero-order valence-electron chi connectivity index (χ0n) is 45.6. The number of aliphatic hydroxyl groups is 6. The number of carbonyl (C=O) groups excluding carboxylic acids is 2. The van der Waals surface area contributed by atoms with Gasteiger partial charge in [0.1, 0.15) is 29.7 Å². The van der Waals surface area contributed by atoms with E-state index in [1.165, 1.54) is 20.8 Å². The summed E-state index contributed by atoms with van der Waals surface area (Å²) < 4.78 is 63.2. The molecule has 25 nitrogen and oxygen atoms in total. The number of rotatable bonds is 9. The summed E-state index contributed by atoms with van der Waals surface area (Å²) in [4.78, 5) is 78.6. The van der Waals surface area contributed by atoms with Crippen molar-refractivity contribution >= 4 is 27.4 Å². The fourth-order valence-corrected chi connectivity index (χ4v) is 10.2. The van der Waals surface area contributed by atoms with E-state index in [9.17, 15) is 40.2 Å². The maximum atomic E-state index is 14.5. The summed E-state index contributed by atoms with van der Waals surface area (Å²) in [6, 6.07) is -0.742. The van der Waals surface area contributed by atoms with E-state index < -0.39 is 142 Å². The number of phosphoric acid groups is 2. The summed E-state index contributed by atoms with van der Waals surface area (Å²) >= 11 is 0. The second-order valence-electron chi connectivity index (χ2n) is 20.9. The molecule has 420 valence electrons. The predicted octanol–water partition coefficient (Wildman–Crippen LogP) is -7.53. The van der Waals surface area contributed by atoms with E-state index in [1.807, 2.05) is 44.9 Å². The van der Waals surface area contributed by atoms with E-state index in [0.717, 1.165) is 0 Å². The molecule has 0 aromatic carbocycles. The summed E-state index contributed by atoms with van der Waals surface area (Å²) in [6.45, 7) is 18.1. The minimum absolute atomic E-state index is 0. The molecule has 4 rings (SSSR count). The summed E-state index contributed by atoms with van der Waals surface area (Å²) in [5, 5.41) is 68.6. The Bertz CT molecular complexity index is 1760. The van der Waals surface area contributed by atoms with Gasteiger partial charge in [-0.15, -0.1) is 0 Å². The molecule has 4 aliphatic heterocycles. The predicted molar refractivity (Wildman–Crippen MR) is 247 cm³/mol. The van der Waals surface area contributed by atoms with E-state index in [4.69, 9.17) is 71.6 Å². The van der Waals surface area contributed by atoms with Gasteiger partial charge in [-0.2, -0.15) is 0 Å². The van der Waals surface area contributed by atoms with Gasteiger partial charge in [0.05, 0.1) is 59.8 Å². The zero-order chi connectivity index (χ0) is 55.3. The van der Waals surface area contributed by atoms with Gasteiger partial charge in [0, 0.05) is 42.7 Å². The van der Waals surface area contributed by atoms with Gasteiger partial charge in [-0.05, 0) is 95.9 Å². The van der Waals surface area contributed by atoms with Crippen molar-refractivity contribution in [3.63, 3.8) is 0 Å². The van der Waals surface area contributed by atoms with Gasteiger partial charge in [-0.3, -0.25) is 18.7 Å². The molecule has 0 radical (unpaired) electrons. The molecule has 4 saturated heterocycles. The number of hydrogen-bond acceptors (Lipinski definition) is 21. The molecule has 0 aliphatic carbocycles. The topological polar surface area (TPSA) is 388 Å². The normalized spacial score (nSPS) is 43.4. The first-order valence-corrected chi connectivity index (χ1v) is 26.9. The maximum absolute atomic E-state index is 14.5. The Morgan fingerprint density at radius 3 is 1.64 bits per heavy atom. The van der Waals surface area contributed by atoms with Gasteiger partial charge in [-0.25, -0.2) is 0 Å². The van der Waals surface area contributed by atoms with E-state index in [-0.39, 0.29) is 147 Å². The molecule has 0 amide bonds. The van der Waals surface area contributed by atoms with Crippen LogP contribution in [0.15, 0.2) is 0 Å². The third-order valence-corrected chi connectivity index (χ3v) is 14.1. The molecule has 22 unspecified atom stereocenters. The number of hydrogen-bond donors (Lipinski definition) is 10. The Kier molecular flexibility index (Phi) is 31.8. The minimum Gasteiger partial charge on any atom is -0.756 e. The Balaban J connectivity index is 0.00000392. The number of nitrogens with zero attached hydrogens (tertiary/aromatic N) is 2. The van der Waals surface area contributed by atoms with Crippen molar-refractivity contribution < 1.29 is 215 Å². The third-order valence-electron chi connectivity index (χ3n) is 14.1. The molecular weight excluding hydrogens is 1060 g/mol. The van der Waals surface area contributed by atoms with Gasteiger partial charge < -0.3 is 103 Å². The Morgan fingerprint density at radius 1 is 0.699 bits per heavy atom. The first-order chi connectivity index (χ1) is 32.1. The van der Waals surface area contributed by atoms with E-state index in [2.05, 4.69) is 0 Å². The molecular formula is C44H84K2N2O23P2. The van der Waals surface area contributed by atoms with Crippen LogP contribution in [-0.2, 0) is 51.9 Å². The molecule has 0 aromatic rings. The Morgan fingerprint density at radius 2 is 1.18 bits per heavy atom. The molecule has 0 saturated carbocycles. The van der Waals surface area contributed by atoms with E-state index in [0.29, 0.717) is 6.42 Å². The van der Waals surface area contributed by atoms with Crippen LogP contribution in [0.1, 0.15) is 108 Å². The van der Waals surface area contributed by atoms with Crippen LogP contribution in [0, 0.1) is 23.7 Å². The van der Waals surface area contributed by atoms with Crippen LogP contribution < -0.4 is 113 Å². The maximum Gasteiger partial charge on any atom is 1.00 e. The quantitative estimate of drug-likeness (QED) is 0.0582. The minimum atomic E-state index is -4.89. The van der Waals surface area contributed by atoms with Crippen LogP contribution in [0.5, 0.6) is 0 Å². The van der Waals surface area contributed by atoms with Crippen LogP contribution in [0.4, 0.5) is 0 Å². The SMILES string of the molecule is CCC1OC(=O)C(C)C(OC2CC(C)(O)C(O)C(C)O2)C(C)C(OC2OC(C)CC(N(C)C)C2O)C(C)(OC2CC(N(C)C)C(O)C(C)O2)CC(C)C(=O)C(C)C(O)C1(C)O.O=P([O-])(O)O.O=P([O-])(O)O.[K+].[K+]. The standard InChI is InChI=1S/C44H80N2O15.2K.2H3O4P/c1-16-30-44(11,54)37(50)23(4)33(47)21(2)19-43(10,61-31-18-29(46(14)15)34(48)26(7)56-31)39(60-41-35(49)28(45(12)13)17-22(3)55-41)24(5)36(25(6)40(52)58-30)59-32-20-42(9,53)38(51)27(8)57-32;;;2*1-5(2,3)4/h21-32,34-39,41,48-51,53-54H,16-20H2,1-15H3;;;2*(H3,1,2,3,4)/q;2*+1;;/p-2. The molecule has 4 fully saturated rings. The second-order valence-corrected chi connectivity index (χ2v) is 22.9. The number of Topliss-reactive ketones (excluding diaryl/α,β-unsaturated/α-hetero) is 1. The molecule has 0 bridgehead atoms. The summed E-state index contributed by atoms with van der Waals surface area (Å²) in [5.41, 5.74) is -5.21. The number of esters is 1. The van der Waals surface area contributed by atoms with Crippen molar-refractivity contribution in [2.24, 2.45) is 23.7 Å². The van der Waals surface area contributed by atoms with Gasteiger partial charge in [0.2, 0.25) is 0 Å². The molecule has 4 aliphatic rings.